The molecule has 1 saturated heterocycles. The smallest absolute Gasteiger partial charge is 0.228 e. The van der Waals surface area contributed by atoms with Crippen molar-refractivity contribution >= 4 is 34.0 Å². The summed E-state index contributed by atoms with van der Waals surface area (Å²) in [6.07, 6.45) is 8.45. The number of pyridine rings is 1. The van der Waals surface area contributed by atoms with Gasteiger partial charge in [0.2, 0.25) is 5.91 Å². The molecule has 6 nitrogen and oxygen atoms in total. The Morgan fingerprint density at radius 1 is 1.05 bits per heavy atom. The van der Waals surface area contributed by atoms with E-state index in [1.165, 1.54) is 17.7 Å². The predicted octanol–water partition coefficient (Wildman–Crippen LogP) is 6.70. The van der Waals surface area contributed by atoms with E-state index in [0.29, 0.717) is 11.7 Å². The summed E-state index contributed by atoms with van der Waals surface area (Å²) in [6, 6.07) is 6.62. The summed E-state index contributed by atoms with van der Waals surface area (Å²) in [7, 11) is 0. The van der Waals surface area contributed by atoms with Crippen LogP contribution in [0, 0.1) is 12.3 Å². The fraction of sp³-hybridized carbons (Fsp3) is 0.645. The van der Waals surface area contributed by atoms with Gasteiger partial charge in [0.05, 0.1) is 5.52 Å². The summed E-state index contributed by atoms with van der Waals surface area (Å²) in [4.78, 5) is 27.0. The third-order valence-corrected chi connectivity index (χ3v) is 7.99. The van der Waals surface area contributed by atoms with E-state index in [1.54, 1.807) is 0 Å². The van der Waals surface area contributed by atoms with Crippen molar-refractivity contribution in [3.63, 3.8) is 0 Å². The number of unbranched alkanes of at least 4 members (excludes halogenated alkanes) is 1. The van der Waals surface area contributed by atoms with Crippen LogP contribution in [0.5, 0.6) is 0 Å². The summed E-state index contributed by atoms with van der Waals surface area (Å²) in [6.45, 7) is 17.4. The highest BCUT2D eigenvalue weighted by molar-refractivity contribution is 5.94. The lowest BCUT2D eigenvalue weighted by Gasteiger charge is -2.38. The van der Waals surface area contributed by atoms with Crippen molar-refractivity contribution in [1.82, 2.24) is 14.8 Å². The molecule has 37 heavy (non-hydrogen) atoms. The van der Waals surface area contributed by atoms with E-state index >= 15 is 0 Å². The van der Waals surface area contributed by atoms with Crippen molar-refractivity contribution in [2.45, 2.75) is 92.9 Å². The Labute approximate surface area is 224 Å². The maximum Gasteiger partial charge on any atom is 0.228 e. The fourth-order valence-electron chi connectivity index (χ4n) is 5.11. The average molecular weight is 508 g/mol. The van der Waals surface area contributed by atoms with Crippen LogP contribution in [0.3, 0.4) is 0 Å². The molecule has 0 radical (unpaired) electrons. The number of anilines is 1. The van der Waals surface area contributed by atoms with Gasteiger partial charge >= 0.3 is 0 Å². The molecule has 0 unspecified atom stereocenters. The molecule has 2 aromatic rings. The molecule has 3 rings (SSSR count). The molecule has 204 valence electrons. The second-order valence-corrected chi connectivity index (χ2v) is 11.3. The molecular weight excluding hydrogens is 458 g/mol. The topological polar surface area (TPSA) is 74.8 Å². The van der Waals surface area contributed by atoms with Crippen molar-refractivity contribution in [2.75, 3.05) is 38.5 Å². The van der Waals surface area contributed by atoms with Gasteiger partial charge in [-0.3, -0.25) is 14.7 Å². The lowest BCUT2D eigenvalue weighted by molar-refractivity contribution is -0.142. The van der Waals surface area contributed by atoms with Crippen LogP contribution in [0.2, 0.25) is 0 Å². The molecule has 1 aliphatic rings. The van der Waals surface area contributed by atoms with Gasteiger partial charge in [0.1, 0.15) is 11.5 Å². The molecule has 1 aromatic carbocycles. The minimum atomic E-state index is -0.256. The highest BCUT2D eigenvalue weighted by Gasteiger charge is 2.31. The number of benzene rings is 1. The van der Waals surface area contributed by atoms with E-state index in [-0.39, 0.29) is 5.41 Å². The summed E-state index contributed by atoms with van der Waals surface area (Å²) in [5.41, 5.74) is 11.6. The summed E-state index contributed by atoms with van der Waals surface area (Å²) < 4.78 is 0. The minimum Gasteiger partial charge on any atom is -0.382 e. The summed E-state index contributed by atoms with van der Waals surface area (Å²) in [5, 5.41) is 1.14. The number of amides is 1. The Balaban J connectivity index is 1.60. The number of hydrogen-bond acceptors (Lipinski definition) is 5. The maximum atomic E-state index is 12.7. The Morgan fingerprint density at radius 3 is 2.43 bits per heavy atom. The summed E-state index contributed by atoms with van der Waals surface area (Å²) >= 11 is 0. The van der Waals surface area contributed by atoms with E-state index in [4.69, 9.17) is 15.7 Å². The van der Waals surface area contributed by atoms with Gasteiger partial charge in [0.25, 0.3) is 0 Å². The monoisotopic (exact) mass is 507 g/mol. The zero-order valence-electron chi connectivity index (χ0n) is 24.2. The molecule has 1 fully saturated rings. The average Bonchev–Trinajstić information content (AvgIpc) is 2.89. The molecule has 0 saturated carbocycles. The molecule has 2 N–H and O–H groups in total. The second-order valence-electron chi connectivity index (χ2n) is 11.3. The van der Waals surface area contributed by atoms with Gasteiger partial charge in [0, 0.05) is 42.7 Å². The highest BCUT2D eigenvalue weighted by Crippen LogP contribution is 2.33. The van der Waals surface area contributed by atoms with Crippen LogP contribution >= 0.6 is 0 Å². The molecule has 6 heteroatoms. The van der Waals surface area contributed by atoms with E-state index in [2.05, 4.69) is 69.5 Å². The largest absolute Gasteiger partial charge is 0.382 e. The van der Waals surface area contributed by atoms with Crippen LogP contribution in [0.15, 0.2) is 23.2 Å². The first-order valence-corrected chi connectivity index (χ1v) is 14.5. The highest BCUT2D eigenvalue weighted by atomic mass is 16.2. The van der Waals surface area contributed by atoms with Gasteiger partial charge in [-0.05, 0) is 69.2 Å². The number of nitrogens with two attached hydrogens (primary N) is 1. The fourth-order valence-corrected chi connectivity index (χ4v) is 5.11. The first-order chi connectivity index (χ1) is 17.7. The third kappa shape index (κ3) is 7.53. The molecule has 1 aliphatic heterocycles. The van der Waals surface area contributed by atoms with Gasteiger partial charge in [-0.2, -0.15) is 0 Å². The van der Waals surface area contributed by atoms with Crippen molar-refractivity contribution in [3.05, 3.63) is 29.3 Å². The number of piperazine rings is 1. The number of fused-ring (bicyclic) bond motifs is 1. The first kappa shape index (κ1) is 29.1. The molecule has 1 amide bonds. The van der Waals surface area contributed by atoms with Crippen LogP contribution in [0.25, 0.3) is 10.9 Å². The van der Waals surface area contributed by atoms with Crippen molar-refractivity contribution in [3.8, 4) is 0 Å². The SMILES string of the molecule is CCCCC(CCC)=Nc1c(N)nc2cc(CCCN3CCN(C(=O)C(C)(C)CC)CC3)ccc2c1C. The number of carbonyl (C=O) groups is 1. The number of nitrogens with zero attached hydrogens (tertiary/aromatic N) is 4. The third-order valence-electron chi connectivity index (χ3n) is 7.99. The molecular formula is C31H49N5O. The van der Waals surface area contributed by atoms with E-state index in [9.17, 15) is 4.79 Å². The Morgan fingerprint density at radius 2 is 1.78 bits per heavy atom. The zero-order valence-corrected chi connectivity index (χ0v) is 24.2. The van der Waals surface area contributed by atoms with Crippen LogP contribution in [-0.2, 0) is 11.2 Å². The number of rotatable bonds is 12. The standard InChI is InChI=1S/C31H49N5O/c1-7-10-14-25(12-8-2)33-28-23(4)26-16-15-24(22-27(26)34-29(28)32)13-11-17-35-18-20-36(21-19-35)30(37)31(5,6)9-3/h15-16,22H,7-14,17-21H2,1-6H3,(H2,32,34). The maximum absolute atomic E-state index is 12.7. The molecule has 1 aromatic heterocycles. The number of aryl methyl sites for hydroxylation is 2. The van der Waals surface area contributed by atoms with Crippen molar-refractivity contribution in [1.29, 1.82) is 0 Å². The zero-order chi connectivity index (χ0) is 27.0. The van der Waals surface area contributed by atoms with E-state index in [1.807, 2.05) is 0 Å². The van der Waals surface area contributed by atoms with Crippen molar-refractivity contribution < 1.29 is 4.79 Å². The normalized spacial score (nSPS) is 15.5. The second kappa shape index (κ2) is 13.4. The molecule has 0 spiro atoms. The lowest BCUT2D eigenvalue weighted by atomic mass is 9.88. The quantitative estimate of drug-likeness (QED) is 0.324. The summed E-state index contributed by atoms with van der Waals surface area (Å²) in [5.74, 6) is 0.829. The van der Waals surface area contributed by atoms with Crippen LogP contribution in [-0.4, -0.2) is 59.1 Å². The first-order valence-electron chi connectivity index (χ1n) is 14.5. The number of nitrogen functional groups attached to an aromatic ring is 1. The van der Waals surface area contributed by atoms with Crippen molar-refractivity contribution in [2.24, 2.45) is 10.4 Å². The van der Waals surface area contributed by atoms with E-state index < -0.39 is 0 Å². The molecule has 0 bridgehead atoms. The molecule has 2 heterocycles. The predicted molar refractivity (Wildman–Crippen MR) is 158 cm³/mol. The number of carbonyl (C=O) groups excluding carboxylic acids is 1. The van der Waals surface area contributed by atoms with Crippen LogP contribution in [0.1, 0.15) is 90.7 Å². The number of hydrogen-bond donors (Lipinski definition) is 1. The Bertz CT molecular complexity index is 1080. The molecule has 0 atom stereocenters. The number of aliphatic imine (C=N–C) groups is 1. The number of aromatic nitrogens is 1. The Kier molecular flexibility index (Phi) is 10.5. The molecule has 0 aliphatic carbocycles. The van der Waals surface area contributed by atoms with Crippen LogP contribution in [0.4, 0.5) is 11.5 Å². The van der Waals surface area contributed by atoms with Gasteiger partial charge in [-0.1, -0.05) is 59.6 Å². The van der Waals surface area contributed by atoms with E-state index in [0.717, 1.165) is 99.8 Å². The van der Waals surface area contributed by atoms with Gasteiger partial charge in [-0.15, -0.1) is 0 Å². The van der Waals surface area contributed by atoms with Gasteiger partial charge < -0.3 is 10.6 Å². The Hall–Kier alpha value is -2.47. The van der Waals surface area contributed by atoms with Crippen LogP contribution < -0.4 is 5.73 Å². The van der Waals surface area contributed by atoms with Gasteiger partial charge in [0.15, 0.2) is 0 Å². The lowest BCUT2D eigenvalue weighted by Crippen LogP contribution is -2.52. The minimum absolute atomic E-state index is 0.256. The van der Waals surface area contributed by atoms with Gasteiger partial charge in [-0.25, -0.2) is 4.98 Å².